The van der Waals surface area contributed by atoms with Crippen LogP contribution in [0.4, 0.5) is 15.8 Å². The number of ether oxygens (including phenoxy) is 2. The molecule has 2 aliphatic heterocycles. The molecule has 0 saturated carbocycles. The molecule has 0 saturated heterocycles. The minimum atomic E-state index is -0.488. The predicted octanol–water partition coefficient (Wildman–Crippen LogP) is -0.261. The van der Waals surface area contributed by atoms with E-state index in [1.165, 1.54) is 13.2 Å². The van der Waals surface area contributed by atoms with Gasteiger partial charge in [-0.3, -0.25) is 0 Å². The molecule has 1 atom stereocenters. The topological polar surface area (TPSA) is 100 Å². The first-order valence-corrected chi connectivity index (χ1v) is 12.1. The van der Waals surface area contributed by atoms with Gasteiger partial charge < -0.3 is 0 Å². The SMILES string of the molecule is COc1c(F)cccc1Nc1c2[nH]c3c1C(=O)NCC3[I-]NCCOc1cnccc1-2. The Kier molecular flexibility index (Phi) is 5.40. The van der Waals surface area contributed by atoms with Crippen LogP contribution in [0.1, 0.15) is 20.0 Å². The summed E-state index contributed by atoms with van der Waals surface area (Å²) >= 11 is -0.445. The number of pyridine rings is 1. The first-order chi connectivity index (χ1) is 15.2. The molecule has 31 heavy (non-hydrogen) atoms. The molecule has 5 rings (SSSR count). The van der Waals surface area contributed by atoms with Crippen molar-refractivity contribution in [2.24, 2.45) is 0 Å². The van der Waals surface area contributed by atoms with Crippen LogP contribution in [0.5, 0.6) is 11.5 Å². The van der Waals surface area contributed by atoms with E-state index >= 15 is 0 Å². The zero-order chi connectivity index (χ0) is 21.4. The van der Waals surface area contributed by atoms with E-state index in [9.17, 15) is 9.18 Å². The fourth-order valence-corrected chi connectivity index (χ4v) is 6.06. The summed E-state index contributed by atoms with van der Waals surface area (Å²) in [4.78, 5) is 20.6. The van der Waals surface area contributed by atoms with Crippen molar-refractivity contribution in [2.45, 2.75) is 3.92 Å². The number of rotatable bonds is 3. The van der Waals surface area contributed by atoms with E-state index in [1.807, 2.05) is 6.07 Å². The number of para-hydroxylation sites is 1. The molecule has 0 fully saturated rings. The van der Waals surface area contributed by atoms with Crippen LogP contribution in [0.3, 0.4) is 0 Å². The number of methoxy groups -OCH3 is 1. The molecule has 2 aromatic heterocycles. The number of nitrogens with one attached hydrogen (secondary N) is 4. The number of alkyl halides is 1. The molecule has 8 nitrogen and oxygen atoms in total. The van der Waals surface area contributed by atoms with Crippen molar-refractivity contribution >= 4 is 17.3 Å². The molecule has 162 valence electrons. The molecule has 1 unspecified atom stereocenters. The Morgan fingerprint density at radius 3 is 3.13 bits per heavy atom. The van der Waals surface area contributed by atoms with Gasteiger partial charge in [-0.2, -0.15) is 0 Å². The van der Waals surface area contributed by atoms with Crippen molar-refractivity contribution in [1.82, 2.24) is 18.8 Å². The van der Waals surface area contributed by atoms with Crippen LogP contribution in [0.2, 0.25) is 0 Å². The van der Waals surface area contributed by atoms with Gasteiger partial charge in [0.2, 0.25) is 0 Å². The van der Waals surface area contributed by atoms with Crippen LogP contribution >= 0.6 is 0 Å². The van der Waals surface area contributed by atoms with Crippen molar-refractivity contribution in [2.75, 3.05) is 32.1 Å². The number of amides is 1. The van der Waals surface area contributed by atoms with Gasteiger partial charge in [0.05, 0.1) is 0 Å². The third-order valence-corrected chi connectivity index (χ3v) is 7.95. The van der Waals surface area contributed by atoms with E-state index in [0.717, 1.165) is 17.8 Å². The Balaban J connectivity index is 1.74. The maximum absolute atomic E-state index is 14.3. The number of benzene rings is 1. The number of anilines is 2. The van der Waals surface area contributed by atoms with Crippen molar-refractivity contribution < 1.29 is 40.1 Å². The molecule has 2 aliphatic rings. The van der Waals surface area contributed by atoms with E-state index in [4.69, 9.17) is 9.47 Å². The van der Waals surface area contributed by atoms with Crippen LogP contribution in [0, 0.1) is 5.82 Å². The zero-order valence-corrected chi connectivity index (χ0v) is 18.7. The van der Waals surface area contributed by atoms with Gasteiger partial charge in [-0.1, -0.05) is 0 Å². The second kappa shape index (κ2) is 8.35. The summed E-state index contributed by atoms with van der Waals surface area (Å²) in [5, 5.41) is 6.26. The van der Waals surface area contributed by atoms with E-state index in [2.05, 4.69) is 24.1 Å². The van der Waals surface area contributed by atoms with Crippen LogP contribution in [-0.4, -0.2) is 42.7 Å². The normalized spacial score (nSPS) is 17.9. The van der Waals surface area contributed by atoms with E-state index in [0.29, 0.717) is 41.5 Å². The molecule has 10 heteroatoms. The second-order valence-electron chi connectivity index (χ2n) is 7.00. The number of H-pyrrole nitrogens is 1. The fraction of sp³-hybridized carbons (Fsp3) is 0.238. The predicted molar refractivity (Wildman–Crippen MR) is 109 cm³/mol. The second-order valence-corrected chi connectivity index (χ2v) is 9.89. The molecule has 0 aliphatic carbocycles. The number of aromatic amines is 1. The molecule has 3 aromatic rings. The first-order valence-electron chi connectivity index (χ1n) is 9.73. The van der Waals surface area contributed by atoms with Gasteiger partial charge >= 0.3 is 189 Å². The monoisotopic (exact) mass is 536 g/mol. The fourth-order valence-electron chi connectivity index (χ4n) is 3.78. The van der Waals surface area contributed by atoms with Gasteiger partial charge in [0.1, 0.15) is 0 Å². The summed E-state index contributed by atoms with van der Waals surface area (Å²) in [6, 6.07) is 6.48. The number of hydrogen-bond donors (Lipinski definition) is 4. The number of halogens is 2. The summed E-state index contributed by atoms with van der Waals surface area (Å²) < 4.78 is 29.2. The Hall–Kier alpha value is -2.86. The van der Waals surface area contributed by atoms with Crippen LogP contribution in [-0.2, 0) is 0 Å². The first kappa shape index (κ1) is 20.1. The van der Waals surface area contributed by atoms with Crippen molar-refractivity contribution in [3.63, 3.8) is 0 Å². The molecular weight excluding hydrogens is 516 g/mol. The number of fused-ring (bicyclic) bond motifs is 3. The van der Waals surface area contributed by atoms with Gasteiger partial charge in [-0.05, 0) is 0 Å². The molecular formula is C21H20FIN5O3-. The van der Waals surface area contributed by atoms with Gasteiger partial charge in [0.25, 0.3) is 0 Å². The van der Waals surface area contributed by atoms with Crippen LogP contribution in [0.25, 0.3) is 11.3 Å². The average Bonchev–Trinajstić information content (AvgIpc) is 3.13. The average molecular weight is 536 g/mol. The third-order valence-electron chi connectivity index (χ3n) is 5.16. The third kappa shape index (κ3) is 3.59. The Labute approximate surface area is 188 Å². The molecule has 2 bridgehead atoms. The molecule has 4 heterocycles. The Morgan fingerprint density at radius 2 is 2.26 bits per heavy atom. The molecule has 4 N–H and O–H groups in total. The summed E-state index contributed by atoms with van der Waals surface area (Å²) in [5.41, 5.74) is 3.86. The van der Waals surface area contributed by atoms with Gasteiger partial charge in [-0.25, -0.2) is 0 Å². The van der Waals surface area contributed by atoms with Gasteiger partial charge in [0, 0.05) is 0 Å². The number of hydrogen-bond acceptors (Lipinski definition) is 6. The summed E-state index contributed by atoms with van der Waals surface area (Å²) in [7, 11) is 1.41. The van der Waals surface area contributed by atoms with Crippen molar-refractivity contribution in [3.05, 3.63) is 53.7 Å². The number of nitrogens with zero attached hydrogens (tertiary/aromatic N) is 1. The Morgan fingerprint density at radius 1 is 1.35 bits per heavy atom. The summed E-state index contributed by atoms with van der Waals surface area (Å²) in [5.74, 6) is 0.0224. The molecule has 1 amide bonds. The molecule has 0 radical (unpaired) electrons. The van der Waals surface area contributed by atoms with E-state index in [-0.39, 0.29) is 15.6 Å². The molecule has 0 spiro atoms. The summed E-state index contributed by atoms with van der Waals surface area (Å²) in [6.45, 7) is 1.80. The standard InChI is InChI=1S/C21H20FIN5O3/c1-30-20-12(22)3-2-4-14(20)27-19-16-18-13(9-25-21(16)29)23-26-7-8-31-15-10-24-6-5-11(15)17(19)28-18/h2-6,10,13,26-28H,7-9H2,1H3,(H,25,29)/q-1. The van der Waals surface area contributed by atoms with Crippen LogP contribution in [0.15, 0.2) is 36.7 Å². The quantitative estimate of drug-likeness (QED) is 0.209. The number of carbonyl (C=O) groups is 1. The van der Waals surface area contributed by atoms with Gasteiger partial charge in [-0.15, -0.1) is 0 Å². The zero-order valence-electron chi connectivity index (χ0n) is 16.6. The van der Waals surface area contributed by atoms with Gasteiger partial charge in [0.15, 0.2) is 0 Å². The number of aromatic nitrogens is 2. The van der Waals surface area contributed by atoms with Crippen LogP contribution < -0.4 is 45.1 Å². The van der Waals surface area contributed by atoms with E-state index < -0.39 is 27.3 Å². The maximum atomic E-state index is 14.3. The van der Waals surface area contributed by atoms with E-state index in [1.54, 1.807) is 24.5 Å². The minimum absolute atomic E-state index is 0.0811. The Bertz CT molecular complexity index is 1150. The summed E-state index contributed by atoms with van der Waals surface area (Å²) in [6.07, 6.45) is 3.34. The number of carbonyl (C=O) groups excluding carboxylic acids is 1. The van der Waals surface area contributed by atoms with Crippen molar-refractivity contribution in [3.8, 4) is 22.8 Å². The van der Waals surface area contributed by atoms with Crippen molar-refractivity contribution in [1.29, 1.82) is 0 Å². The molecule has 1 aromatic carbocycles.